The zero-order valence-electron chi connectivity index (χ0n) is 13.0. The van der Waals surface area contributed by atoms with Crippen LogP contribution >= 0.6 is 0 Å². The lowest BCUT2D eigenvalue weighted by Crippen LogP contribution is -2.01. The number of para-hydroxylation sites is 1. The third-order valence-corrected chi connectivity index (χ3v) is 3.96. The molecule has 0 saturated heterocycles. The van der Waals surface area contributed by atoms with Crippen molar-refractivity contribution in [2.24, 2.45) is 0 Å². The van der Waals surface area contributed by atoms with E-state index in [0.717, 1.165) is 27.7 Å². The number of aromatic nitrogens is 1. The molecule has 2 nitrogen and oxygen atoms in total. The number of carbonyl (C=O) groups is 1. The minimum atomic E-state index is 0.0922. The highest BCUT2D eigenvalue weighted by molar-refractivity contribution is 6.12. The summed E-state index contributed by atoms with van der Waals surface area (Å²) in [5, 5.41) is 1.01. The highest BCUT2D eigenvalue weighted by atomic mass is 16.1. The van der Waals surface area contributed by atoms with Crippen LogP contribution in [-0.4, -0.2) is 10.4 Å². The van der Waals surface area contributed by atoms with Crippen LogP contribution < -0.4 is 0 Å². The Morgan fingerprint density at radius 3 is 2.45 bits per heavy atom. The van der Waals surface area contributed by atoms with Crippen molar-refractivity contribution in [3.63, 3.8) is 0 Å². The molecule has 110 valence electrons. The van der Waals surface area contributed by atoms with Gasteiger partial charge in [0, 0.05) is 17.4 Å². The van der Waals surface area contributed by atoms with Crippen LogP contribution in [0.4, 0.5) is 0 Å². The number of rotatable bonds is 4. The minimum Gasteiger partial charge on any atom is -0.336 e. The summed E-state index contributed by atoms with van der Waals surface area (Å²) in [6.07, 6.45) is 1.87. The molecular weight excluding hydrogens is 270 g/mol. The van der Waals surface area contributed by atoms with E-state index in [-0.39, 0.29) is 5.78 Å². The first-order chi connectivity index (χ1) is 10.6. The molecule has 0 fully saturated rings. The van der Waals surface area contributed by atoms with E-state index < -0.39 is 0 Å². The van der Waals surface area contributed by atoms with Gasteiger partial charge in [-0.15, -0.1) is 6.58 Å². The molecule has 3 aromatic rings. The first-order valence-corrected chi connectivity index (χ1v) is 7.43. The van der Waals surface area contributed by atoms with Crippen molar-refractivity contribution in [3.05, 3.63) is 72.3 Å². The minimum absolute atomic E-state index is 0.0922. The van der Waals surface area contributed by atoms with Gasteiger partial charge >= 0.3 is 0 Å². The van der Waals surface area contributed by atoms with Crippen molar-refractivity contribution in [2.45, 2.75) is 20.4 Å². The van der Waals surface area contributed by atoms with Gasteiger partial charge < -0.3 is 4.57 Å². The van der Waals surface area contributed by atoms with E-state index in [2.05, 4.69) is 48.4 Å². The van der Waals surface area contributed by atoms with Gasteiger partial charge in [-0.3, -0.25) is 4.79 Å². The van der Waals surface area contributed by atoms with Gasteiger partial charge in [-0.25, -0.2) is 0 Å². The molecule has 0 N–H and O–H groups in total. The molecule has 0 bridgehead atoms. The summed E-state index contributed by atoms with van der Waals surface area (Å²) in [7, 11) is 0. The number of ketones is 1. The molecule has 1 aromatic heterocycles. The maximum atomic E-state index is 12.3. The van der Waals surface area contributed by atoms with Crippen LogP contribution in [0.15, 0.2) is 61.2 Å². The van der Waals surface area contributed by atoms with E-state index in [9.17, 15) is 4.79 Å². The highest BCUT2D eigenvalue weighted by Gasteiger charge is 2.20. The standard InChI is InChI=1S/C20H19NO/c1-4-13-21-18-8-6-5-7-17(18)19(15(3)22)20(21)16-11-9-14(2)10-12-16/h4-12H,1,13H2,2-3H3. The molecule has 0 atom stereocenters. The lowest BCUT2D eigenvalue weighted by atomic mass is 10.0. The van der Waals surface area contributed by atoms with Crippen LogP contribution in [0.1, 0.15) is 22.8 Å². The quantitative estimate of drug-likeness (QED) is 0.489. The second kappa shape index (κ2) is 5.64. The van der Waals surface area contributed by atoms with Crippen molar-refractivity contribution in [3.8, 4) is 11.3 Å². The lowest BCUT2D eigenvalue weighted by Gasteiger charge is -2.10. The van der Waals surface area contributed by atoms with Gasteiger partial charge in [0.2, 0.25) is 0 Å². The number of benzene rings is 2. The molecule has 0 saturated carbocycles. The first kappa shape index (κ1) is 14.3. The zero-order chi connectivity index (χ0) is 15.7. The van der Waals surface area contributed by atoms with Gasteiger partial charge in [0.05, 0.1) is 11.3 Å². The molecule has 2 heteroatoms. The van der Waals surface area contributed by atoms with Gasteiger partial charge in [-0.1, -0.05) is 54.1 Å². The fraction of sp³-hybridized carbons (Fsp3) is 0.150. The van der Waals surface area contributed by atoms with E-state index in [4.69, 9.17) is 0 Å². The number of allylic oxidation sites excluding steroid dienone is 1. The lowest BCUT2D eigenvalue weighted by molar-refractivity contribution is 0.101. The Bertz CT molecular complexity index is 853. The SMILES string of the molecule is C=CCn1c(-c2ccc(C)cc2)c(C(C)=O)c2ccccc21. The normalized spacial score (nSPS) is 10.8. The zero-order valence-corrected chi connectivity index (χ0v) is 13.0. The van der Waals surface area contributed by atoms with E-state index in [1.54, 1.807) is 6.92 Å². The second-order valence-electron chi connectivity index (χ2n) is 5.56. The number of Topliss-reactive ketones (excluding diaryl/α,β-unsaturated/α-hetero) is 1. The maximum Gasteiger partial charge on any atom is 0.162 e. The molecule has 0 aliphatic carbocycles. The van der Waals surface area contributed by atoms with E-state index in [1.807, 2.05) is 24.3 Å². The Kier molecular flexibility index (Phi) is 3.68. The number of fused-ring (bicyclic) bond motifs is 1. The molecule has 0 unspecified atom stereocenters. The largest absolute Gasteiger partial charge is 0.336 e. The third kappa shape index (κ3) is 2.27. The van der Waals surface area contributed by atoms with Crippen molar-refractivity contribution in [2.75, 3.05) is 0 Å². The summed E-state index contributed by atoms with van der Waals surface area (Å²) in [5.74, 6) is 0.0922. The first-order valence-electron chi connectivity index (χ1n) is 7.43. The molecule has 1 heterocycles. The summed E-state index contributed by atoms with van der Waals surface area (Å²) >= 11 is 0. The van der Waals surface area contributed by atoms with Crippen LogP contribution in [-0.2, 0) is 6.54 Å². The van der Waals surface area contributed by atoms with Gasteiger partial charge in [0.25, 0.3) is 0 Å². The van der Waals surface area contributed by atoms with Crippen molar-refractivity contribution in [1.29, 1.82) is 0 Å². The molecule has 0 aliphatic rings. The van der Waals surface area contributed by atoms with Gasteiger partial charge in [-0.2, -0.15) is 0 Å². The predicted molar refractivity (Wildman–Crippen MR) is 92.3 cm³/mol. The monoisotopic (exact) mass is 289 g/mol. The number of carbonyl (C=O) groups excluding carboxylic acids is 1. The topological polar surface area (TPSA) is 22.0 Å². The fourth-order valence-corrected chi connectivity index (χ4v) is 2.99. The Balaban J connectivity index is 2.41. The van der Waals surface area contributed by atoms with Crippen LogP contribution in [0.2, 0.25) is 0 Å². The number of aryl methyl sites for hydroxylation is 1. The number of nitrogens with zero attached hydrogens (tertiary/aromatic N) is 1. The second-order valence-corrected chi connectivity index (χ2v) is 5.56. The molecule has 2 aromatic carbocycles. The predicted octanol–water partition coefficient (Wildman–Crippen LogP) is 5.01. The Hall–Kier alpha value is -2.61. The van der Waals surface area contributed by atoms with Crippen molar-refractivity contribution in [1.82, 2.24) is 4.57 Å². The Morgan fingerprint density at radius 2 is 1.82 bits per heavy atom. The Morgan fingerprint density at radius 1 is 1.14 bits per heavy atom. The van der Waals surface area contributed by atoms with E-state index >= 15 is 0 Å². The number of hydrogen-bond acceptors (Lipinski definition) is 1. The van der Waals surface area contributed by atoms with E-state index in [1.165, 1.54) is 5.56 Å². The molecule has 0 aliphatic heterocycles. The molecule has 3 rings (SSSR count). The summed E-state index contributed by atoms with van der Waals surface area (Å²) < 4.78 is 2.17. The molecule has 22 heavy (non-hydrogen) atoms. The van der Waals surface area contributed by atoms with Crippen LogP contribution in [0.25, 0.3) is 22.2 Å². The molecule has 0 amide bonds. The van der Waals surface area contributed by atoms with Gasteiger partial charge in [-0.05, 0) is 25.5 Å². The van der Waals surface area contributed by atoms with Gasteiger partial charge in [0.15, 0.2) is 5.78 Å². The van der Waals surface area contributed by atoms with E-state index in [0.29, 0.717) is 6.54 Å². The van der Waals surface area contributed by atoms with Crippen molar-refractivity contribution < 1.29 is 4.79 Å². The fourth-order valence-electron chi connectivity index (χ4n) is 2.99. The molecular formula is C20H19NO. The summed E-state index contributed by atoms with van der Waals surface area (Å²) in [5.41, 5.74) is 5.12. The average molecular weight is 289 g/mol. The highest BCUT2D eigenvalue weighted by Crippen LogP contribution is 2.34. The van der Waals surface area contributed by atoms with Gasteiger partial charge in [0.1, 0.15) is 0 Å². The summed E-state index contributed by atoms with van der Waals surface area (Å²) in [6.45, 7) is 8.24. The third-order valence-electron chi connectivity index (χ3n) is 3.96. The molecule has 0 radical (unpaired) electrons. The number of hydrogen-bond donors (Lipinski definition) is 0. The average Bonchev–Trinajstić information content (AvgIpc) is 2.83. The van der Waals surface area contributed by atoms with Crippen molar-refractivity contribution >= 4 is 16.7 Å². The van der Waals surface area contributed by atoms with Crippen LogP contribution in [0, 0.1) is 6.92 Å². The van der Waals surface area contributed by atoms with Crippen LogP contribution in [0.3, 0.4) is 0 Å². The molecule has 0 spiro atoms. The summed E-state index contributed by atoms with van der Waals surface area (Å²) in [6, 6.07) is 16.4. The van der Waals surface area contributed by atoms with Crippen LogP contribution in [0.5, 0.6) is 0 Å². The maximum absolute atomic E-state index is 12.3. The summed E-state index contributed by atoms with van der Waals surface area (Å²) in [4.78, 5) is 12.3. The Labute approximate surface area is 130 Å². The smallest absolute Gasteiger partial charge is 0.162 e.